The first-order valence-electron chi connectivity index (χ1n) is 11.5. The molecule has 0 radical (unpaired) electrons. The summed E-state index contributed by atoms with van der Waals surface area (Å²) < 4.78 is 5.55. The fraction of sp³-hybridized carbons (Fsp3) is 0.423. The molecule has 0 atom stereocenters. The number of hydrogen-bond donors (Lipinski definition) is 1. The Morgan fingerprint density at radius 1 is 1.00 bits per heavy atom. The van der Waals surface area contributed by atoms with Crippen LogP contribution in [0.5, 0.6) is 5.75 Å². The van der Waals surface area contributed by atoms with E-state index in [0.29, 0.717) is 22.7 Å². The van der Waals surface area contributed by atoms with Crippen molar-refractivity contribution in [2.45, 2.75) is 45.4 Å². The summed E-state index contributed by atoms with van der Waals surface area (Å²) in [7, 11) is 0. The number of likely N-dealkylation sites (tertiary alicyclic amines) is 1. The van der Waals surface area contributed by atoms with Crippen molar-refractivity contribution in [3.63, 3.8) is 0 Å². The number of nitrogens with one attached hydrogen (secondary N) is 1. The summed E-state index contributed by atoms with van der Waals surface area (Å²) in [5.41, 5.74) is 2.74. The number of anilines is 2. The summed E-state index contributed by atoms with van der Waals surface area (Å²) in [6.45, 7) is 7.70. The van der Waals surface area contributed by atoms with E-state index in [1.54, 1.807) is 18.2 Å². The number of carbonyl (C=O) groups is 3. The molecule has 4 rings (SSSR count). The molecule has 2 aromatic carbocycles. The number of rotatable bonds is 4. The summed E-state index contributed by atoms with van der Waals surface area (Å²) in [6.07, 6.45) is 3.11. The van der Waals surface area contributed by atoms with Gasteiger partial charge in [0.05, 0.1) is 5.69 Å². The predicted molar refractivity (Wildman–Crippen MR) is 128 cm³/mol. The van der Waals surface area contributed by atoms with Gasteiger partial charge in [0.2, 0.25) is 5.91 Å². The molecule has 3 amide bonds. The molecule has 0 spiro atoms. The van der Waals surface area contributed by atoms with E-state index in [-0.39, 0.29) is 36.3 Å². The van der Waals surface area contributed by atoms with Gasteiger partial charge in [-0.15, -0.1) is 0 Å². The first-order valence-corrected chi connectivity index (χ1v) is 11.5. The lowest BCUT2D eigenvalue weighted by Gasteiger charge is -2.33. The van der Waals surface area contributed by atoms with Crippen LogP contribution in [0.15, 0.2) is 42.5 Å². The smallest absolute Gasteiger partial charge is 0.265 e. The topological polar surface area (TPSA) is 79.0 Å². The Kier molecular flexibility index (Phi) is 6.40. The van der Waals surface area contributed by atoms with E-state index >= 15 is 0 Å². The van der Waals surface area contributed by atoms with Gasteiger partial charge in [-0.2, -0.15) is 0 Å². The quantitative estimate of drug-likeness (QED) is 0.766. The van der Waals surface area contributed by atoms with E-state index in [1.165, 1.54) is 4.90 Å². The second kappa shape index (κ2) is 9.25. The van der Waals surface area contributed by atoms with Crippen LogP contribution >= 0.6 is 0 Å². The van der Waals surface area contributed by atoms with Crippen molar-refractivity contribution >= 4 is 29.1 Å². The van der Waals surface area contributed by atoms with Crippen LogP contribution in [-0.2, 0) is 15.0 Å². The fourth-order valence-electron chi connectivity index (χ4n) is 4.16. The summed E-state index contributed by atoms with van der Waals surface area (Å²) >= 11 is 0. The van der Waals surface area contributed by atoms with Gasteiger partial charge in [-0.05, 0) is 60.6 Å². The second-order valence-corrected chi connectivity index (χ2v) is 9.67. The number of hydrogen-bond acceptors (Lipinski definition) is 4. The predicted octanol–water partition coefficient (Wildman–Crippen LogP) is 3.97. The lowest BCUT2D eigenvalue weighted by atomic mass is 9.87. The Hall–Kier alpha value is -3.35. The van der Waals surface area contributed by atoms with Gasteiger partial charge in [-0.25, -0.2) is 0 Å². The van der Waals surface area contributed by atoms with Gasteiger partial charge >= 0.3 is 0 Å². The van der Waals surface area contributed by atoms with Gasteiger partial charge in [0.25, 0.3) is 11.8 Å². The molecule has 7 nitrogen and oxygen atoms in total. The fourth-order valence-corrected chi connectivity index (χ4v) is 4.16. The maximum absolute atomic E-state index is 12.8. The molecule has 0 aliphatic carbocycles. The van der Waals surface area contributed by atoms with Crippen molar-refractivity contribution in [3.05, 3.63) is 53.6 Å². The zero-order valence-corrected chi connectivity index (χ0v) is 19.5. The van der Waals surface area contributed by atoms with Crippen molar-refractivity contribution in [3.8, 4) is 5.75 Å². The van der Waals surface area contributed by atoms with E-state index in [0.717, 1.165) is 37.9 Å². The van der Waals surface area contributed by atoms with Crippen molar-refractivity contribution in [2.75, 3.05) is 36.5 Å². The lowest BCUT2D eigenvalue weighted by molar-refractivity contribution is -0.132. The average Bonchev–Trinajstić information content (AvgIpc) is 2.81. The second-order valence-electron chi connectivity index (χ2n) is 9.67. The molecule has 0 saturated carbocycles. The highest BCUT2D eigenvalue weighted by Crippen LogP contribution is 2.35. The molecule has 0 unspecified atom stereocenters. The normalized spacial score (nSPS) is 16.2. The average molecular weight is 450 g/mol. The molecule has 2 aliphatic rings. The molecule has 174 valence electrons. The molecule has 1 N–H and O–H groups in total. The zero-order chi connectivity index (χ0) is 23.6. The highest BCUT2D eigenvalue weighted by molar-refractivity contribution is 6.06. The monoisotopic (exact) mass is 449 g/mol. The van der Waals surface area contributed by atoms with Crippen molar-refractivity contribution in [1.82, 2.24) is 4.90 Å². The minimum atomic E-state index is -0.269. The van der Waals surface area contributed by atoms with Crippen molar-refractivity contribution in [1.29, 1.82) is 0 Å². The lowest BCUT2D eigenvalue weighted by Crippen LogP contribution is -2.47. The van der Waals surface area contributed by atoms with Crippen LogP contribution in [0.2, 0.25) is 0 Å². The minimum absolute atomic E-state index is 0.00905. The molecular formula is C26H31N3O4. The Bertz CT molecular complexity index is 1050. The third kappa shape index (κ3) is 5.18. The SMILES string of the molecule is CC(C)(C)c1ccc(C(=O)Nc2ccc3c(c2)N(CC(=O)N2CCCCC2)C(=O)CO3)cc1. The van der Waals surface area contributed by atoms with Gasteiger partial charge in [-0.1, -0.05) is 32.9 Å². The van der Waals surface area contributed by atoms with Gasteiger partial charge in [-0.3, -0.25) is 19.3 Å². The molecule has 2 heterocycles. The highest BCUT2D eigenvalue weighted by atomic mass is 16.5. The van der Waals surface area contributed by atoms with E-state index in [9.17, 15) is 14.4 Å². The van der Waals surface area contributed by atoms with Crippen molar-refractivity contribution < 1.29 is 19.1 Å². The van der Waals surface area contributed by atoms with Gasteiger partial charge in [0.1, 0.15) is 12.3 Å². The molecule has 2 aliphatic heterocycles. The van der Waals surface area contributed by atoms with Crippen LogP contribution in [0.4, 0.5) is 11.4 Å². The van der Waals surface area contributed by atoms with E-state index in [1.807, 2.05) is 29.2 Å². The first-order chi connectivity index (χ1) is 15.7. The Balaban J connectivity index is 1.50. The molecule has 1 saturated heterocycles. The summed E-state index contributed by atoms with van der Waals surface area (Å²) in [5.74, 6) is -0.0543. The molecule has 7 heteroatoms. The van der Waals surface area contributed by atoms with Crippen LogP contribution in [-0.4, -0.2) is 48.9 Å². The molecule has 1 fully saturated rings. The third-order valence-corrected chi connectivity index (χ3v) is 6.18. The van der Waals surface area contributed by atoms with E-state index in [4.69, 9.17) is 4.74 Å². The molecule has 0 bridgehead atoms. The van der Waals surface area contributed by atoms with E-state index in [2.05, 4.69) is 26.1 Å². The number of piperidine rings is 1. The van der Waals surface area contributed by atoms with Crippen LogP contribution in [0.3, 0.4) is 0 Å². The Morgan fingerprint density at radius 2 is 1.70 bits per heavy atom. The maximum Gasteiger partial charge on any atom is 0.265 e. The molecule has 0 aromatic heterocycles. The standard InChI is InChI=1S/C26H31N3O4/c1-26(2,3)19-9-7-18(8-10-19)25(32)27-20-11-12-22-21(15-20)29(24(31)17-33-22)16-23(30)28-13-5-4-6-14-28/h7-12,15H,4-6,13-14,16-17H2,1-3H3,(H,27,32). The number of amides is 3. The van der Waals surface area contributed by atoms with Crippen molar-refractivity contribution in [2.24, 2.45) is 0 Å². The number of nitrogens with zero attached hydrogens (tertiary/aromatic N) is 2. The maximum atomic E-state index is 12.8. The highest BCUT2D eigenvalue weighted by Gasteiger charge is 2.30. The van der Waals surface area contributed by atoms with Crippen LogP contribution in [0.1, 0.15) is 56.0 Å². The molecule has 33 heavy (non-hydrogen) atoms. The molecular weight excluding hydrogens is 418 g/mol. The zero-order valence-electron chi connectivity index (χ0n) is 19.5. The summed E-state index contributed by atoms with van der Waals surface area (Å²) in [6, 6.07) is 12.7. The number of carbonyl (C=O) groups excluding carboxylic acids is 3. The van der Waals surface area contributed by atoms with E-state index < -0.39 is 0 Å². The Labute approximate surface area is 194 Å². The van der Waals surface area contributed by atoms with Crippen LogP contribution in [0.25, 0.3) is 0 Å². The third-order valence-electron chi connectivity index (χ3n) is 6.18. The largest absolute Gasteiger partial charge is 0.482 e. The van der Waals surface area contributed by atoms with Gasteiger partial charge in [0.15, 0.2) is 6.61 Å². The number of fused-ring (bicyclic) bond motifs is 1. The minimum Gasteiger partial charge on any atom is -0.482 e. The number of ether oxygens (including phenoxy) is 1. The van der Waals surface area contributed by atoms with Gasteiger partial charge in [0, 0.05) is 24.3 Å². The molecule has 2 aromatic rings. The first kappa shape index (κ1) is 22.8. The van der Waals surface area contributed by atoms with Crippen LogP contribution in [0, 0.1) is 0 Å². The van der Waals surface area contributed by atoms with Gasteiger partial charge < -0.3 is 15.0 Å². The summed E-state index contributed by atoms with van der Waals surface area (Å²) in [4.78, 5) is 41.4. The summed E-state index contributed by atoms with van der Waals surface area (Å²) in [5, 5.41) is 2.89. The number of benzene rings is 2. The van der Waals surface area contributed by atoms with Crippen LogP contribution < -0.4 is 15.0 Å². The Morgan fingerprint density at radius 3 is 2.36 bits per heavy atom.